The quantitative estimate of drug-likeness (QED) is 0.471. The maximum absolute atomic E-state index is 8.75. The maximum atomic E-state index is 8.75. The van der Waals surface area contributed by atoms with E-state index in [1.54, 1.807) is 29.7 Å². The van der Waals surface area contributed by atoms with Crippen molar-refractivity contribution >= 4 is 23.7 Å². The van der Waals surface area contributed by atoms with Gasteiger partial charge in [-0.05, 0) is 31.4 Å². The summed E-state index contributed by atoms with van der Waals surface area (Å²) in [4.78, 5) is 22.0. The number of anilines is 2. The van der Waals surface area contributed by atoms with Crippen LogP contribution in [0.2, 0.25) is 0 Å². The molecule has 32 heavy (non-hydrogen) atoms. The van der Waals surface area contributed by atoms with Gasteiger partial charge in [0.15, 0.2) is 5.82 Å². The number of nitrogens with zero attached hydrogens (tertiary/aromatic N) is 7. The van der Waals surface area contributed by atoms with E-state index in [4.69, 9.17) is 20.5 Å². The molecule has 164 valence electrons. The molecule has 5 rings (SSSR count). The predicted molar refractivity (Wildman–Crippen MR) is 122 cm³/mol. The van der Waals surface area contributed by atoms with Crippen molar-refractivity contribution in [3.05, 3.63) is 43.1 Å². The van der Waals surface area contributed by atoms with E-state index in [2.05, 4.69) is 26.8 Å². The highest BCUT2D eigenvalue weighted by atomic mass is 16.5. The Morgan fingerprint density at radius 3 is 2.66 bits per heavy atom. The van der Waals surface area contributed by atoms with Gasteiger partial charge in [0.25, 0.3) is 0 Å². The molecule has 1 unspecified atom stereocenters. The van der Waals surface area contributed by atoms with E-state index in [-0.39, 0.29) is 12.1 Å². The van der Waals surface area contributed by atoms with Crippen LogP contribution >= 0.6 is 0 Å². The van der Waals surface area contributed by atoms with Crippen LogP contribution in [-0.2, 0) is 4.74 Å². The molecule has 10 heteroatoms. The number of ether oxygens (including phenoxy) is 1. The summed E-state index contributed by atoms with van der Waals surface area (Å²) in [5, 5.41) is 16.7. The number of fused-ring (bicyclic) bond motifs is 1. The monoisotopic (exact) mass is 431 g/mol. The van der Waals surface area contributed by atoms with Gasteiger partial charge in [0.1, 0.15) is 17.3 Å². The Morgan fingerprint density at radius 2 is 1.94 bits per heavy atom. The molecule has 1 fully saturated rings. The van der Waals surface area contributed by atoms with Crippen molar-refractivity contribution in [1.29, 1.82) is 10.8 Å². The number of pyridine rings is 1. The van der Waals surface area contributed by atoms with Gasteiger partial charge in [-0.1, -0.05) is 6.92 Å². The van der Waals surface area contributed by atoms with Crippen molar-refractivity contribution in [3.63, 3.8) is 0 Å². The summed E-state index contributed by atoms with van der Waals surface area (Å²) in [6.07, 6.45) is 12.4. The lowest BCUT2D eigenvalue weighted by atomic mass is 9.99. The summed E-state index contributed by atoms with van der Waals surface area (Å²) in [5.74, 6) is 2.34. The summed E-state index contributed by atoms with van der Waals surface area (Å²) in [6.45, 7) is 3.46. The van der Waals surface area contributed by atoms with Crippen LogP contribution < -0.4 is 9.80 Å². The maximum Gasteiger partial charge on any atom is 0.237 e. The Kier molecular flexibility index (Phi) is 5.36. The second-order valence-corrected chi connectivity index (χ2v) is 7.79. The van der Waals surface area contributed by atoms with Gasteiger partial charge < -0.3 is 9.64 Å². The molecule has 1 saturated heterocycles. The molecule has 2 aliphatic heterocycles. The second-order valence-electron chi connectivity index (χ2n) is 7.79. The van der Waals surface area contributed by atoms with Crippen LogP contribution in [0, 0.1) is 10.8 Å². The first kappa shape index (κ1) is 20.3. The molecule has 0 aliphatic carbocycles. The third-order valence-corrected chi connectivity index (χ3v) is 6.05. The summed E-state index contributed by atoms with van der Waals surface area (Å²) in [5.41, 5.74) is 1.57. The second kappa shape index (κ2) is 8.46. The first-order valence-corrected chi connectivity index (χ1v) is 10.8. The van der Waals surface area contributed by atoms with Crippen molar-refractivity contribution in [2.45, 2.75) is 38.3 Å². The molecule has 1 atom stereocenters. The number of rotatable bonds is 5. The molecular weight excluding hydrogens is 406 g/mol. The van der Waals surface area contributed by atoms with Crippen molar-refractivity contribution < 1.29 is 4.74 Å². The zero-order valence-electron chi connectivity index (χ0n) is 17.8. The highest BCUT2D eigenvalue weighted by molar-refractivity contribution is 6.16. The van der Waals surface area contributed by atoms with Crippen molar-refractivity contribution in [2.24, 2.45) is 0 Å². The van der Waals surface area contributed by atoms with Crippen molar-refractivity contribution in [2.75, 3.05) is 23.0 Å². The number of aromatic nitrogens is 5. The molecule has 0 radical (unpaired) electrons. The molecule has 0 spiro atoms. The van der Waals surface area contributed by atoms with Crippen molar-refractivity contribution in [3.8, 4) is 17.3 Å². The van der Waals surface area contributed by atoms with E-state index in [0.29, 0.717) is 30.7 Å². The number of imidazole rings is 1. The minimum atomic E-state index is -0.169. The number of nitrogens with one attached hydrogen (secondary N) is 2. The Labute approximate surface area is 185 Å². The Morgan fingerprint density at radius 1 is 1.16 bits per heavy atom. The van der Waals surface area contributed by atoms with Gasteiger partial charge in [0.2, 0.25) is 5.95 Å². The third-order valence-electron chi connectivity index (χ3n) is 6.05. The van der Waals surface area contributed by atoms with Gasteiger partial charge in [0.05, 0.1) is 18.6 Å². The Balaban J connectivity index is 1.64. The zero-order valence-corrected chi connectivity index (χ0v) is 17.8. The fourth-order valence-electron chi connectivity index (χ4n) is 4.50. The van der Waals surface area contributed by atoms with Crippen LogP contribution in [0.25, 0.3) is 17.3 Å². The van der Waals surface area contributed by atoms with E-state index in [1.165, 1.54) is 6.34 Å². The molecule has 2 N–H and O–H groups in total. The molecular formula is C22H25N9O. The SMILES string of the molecule is CCC1C(=N)N(C=N)c2cnc(-n3ccnc3-c3ccncc3)nc2N1C1CCOCC1. The lowest BCUT2D eigenvalue weighted by Crippen LogP contribution is -2.57. The van der Waals surface area contributed by atoms with Crippen LogP contribution in [0.3, 0.4) is 0 Å². The lowest BCUT2D eigenvalue weighted by Gasteiger charge is -2.46. The highest BCUT2D eigenvalue weighted by Crippen LogP contribution is 2.38. The number of hydrogen-bond donors (Lipinski definition) is 2. The van der Waals surface area contributed by atoms with Gasteiger partial charge >= 0.3 is 0 Å². The van der Waals surface area contributed by atoms with Crippen LogP contribution in [0.4, 0.5) is 11.5 Å². The molecule has 0 saturated carbocycles. The summed E-state index contributed by atoms with van der Waals surface area (Å²) in [6, 6.07) is 3.84. The highest BCUT2D eigenvalue weighted by Gasteiger charge is 2.40. The molecule has 3 aromatic rings. The molecule has 0 bridgehead atoms. The standard InChI is InChI=1S/C22H25N9O/c1-2-17-19(24)30(14-23)18-13-27-22(28-21(18)31(17)16-5-11-32-12-6-16)29-10-9-26-20(29)15-3-7-25-8-4-15/h3-4,7-10,13-14,16-17,23-24H,2,5-6,11-12H2,1H3. The molecule has 10 nitrogen and oxygen atoms in total. The first-order valence-electron chi connectivity index (χ1n) is 10.8. The molecule has 0 amide bonds. The van der Waals surface area contributed by atoms with Crippen LogP contribution in [0.1, 0.15) is 26.2 Å². The molecule has 0 aromatic carbocycles. The van der Waals surface area contributed by atoms with Gasteiger partial charge in [0, 0.05) is 49.6 Å². The third kappa shape index (κ3) is 3.32. The number of hydrogen-bond acceptors (Lipinski definition) is 8. The first-order chi connectivity index (χ1) is 15.7. The molecule has 2 aliphatic rings. The summed E-state index contributed by atoms with van der Waals surface area (Å²) in [7, 11) is 0. The fraction of sp³-hybridized carbons (Fsp3) is 0.364. The normalized spacial score (nSPS) is 19.2. The van der Waals surface area contributed by atoms with E-state index >= 15 is 0 Å². The van der Waals surface area contributed by atoms with Crippen LogP contribution in [-0.4, -0.2) is 62.0 Å². The van der Waals surface area contributed by atoms with Crippen LogP contribution in [0.5, 0.6) is 0 Å². The summed E-state index contributed by atoms with van der Waals surface area (Å²) < 4.78 is 7.44. The average Bonchev–Trinajstić information content (AvgIpc) is 3.34. The zero-order chi connectivity index (χ0) is 22.1. The van der Waals surface area contributed by atoms with Crippen LogP contribution in [0.15, 0.2) is 43.1 Å². The number of amidine groups is 1. The smallest absolute Gasteiger partial charge is 0.237 e. The van der Waals surface area contributed by atoms with E-state index < -0.39 is 0 Å². The average molecular weight is 432 g/mol. The largest absolute Gasteiger partial charge is 0.381 e. The van der Waals surface area contributed by atoms with Gasteiger partial charge in [-0.25, -0.2) is 9.97 Å². The topological polar surface area (TPSA) is 120 Å². The summed E-state index contributed by atoms with van der Waals surface area (Å²) >= 11 is 0. The van der Waals surface area contributed by atoms with Gasteiger partial charge in [-0.15, -0.1) is 0 Å². The minimum absolute atomic E-state index is 0.169. The molecule has 3 aromatic heterocycles. The van der Waals surface area contributed by atoms with E-state index in [1.807, 2.05) is 22.9 Å². The van der Waals surface area contributed by atoms with Gasteiger partial charge in [-0.2, -0.15) is 4.98 Å². The van der Waals surface area contributed by atoms with E-state index in [0.717, 1.165) is 36.5 Å². The van der Waals surface area contributed by atoms with Gasteiger partial charge in [-0.3, -0.25) is 25.3 Å². The predicted octanol–water partition coefficient (Wildman–Crippen LogP) is 2.89. The van der Waals surface area contributed by atoms with E-state index in [9.17, 15) is 0 Å². The molecule has 5 heterocycles. The Hall–Kier alpha value is -3.66. The lowest BCUT2D eigenvalue weighted by molar-refractivity contribution is 0.0833. The van der Waals surface area contributed by atoms with Crippen molar-refractivity contribution in [1.82, 2.24) is 24.5 Å². The minimum Gasteiger partial charge on any atom is -0.381 e. The Bertz CT molecular complexity index is 1120. The fourth-order valence-corrected chi connectivity index (χ4v) is 4.50.